The summed E-state index contributed by atoms with van der Waals surface area (Å²) in [6, 6.07) is 11.1. The summed E-state index contributed by atoms with van der Waals surface area (Å²) >= 11 is 0. The molecule has 3 rings (SSSR count). The van der Waals surface area contributed by atoms with Crippen molar-refractivity contribution in [2.75, 3.05) is 13.7 Å². The standard InChI is InChI=1S/C19H19N3O6S/c1-19(12-7-9-13(10-8-12)29(20,26)27)17(24)22(18(25)21-19)11-15(23)14-5-3-4-6-16(14)28-2/h3-10H,11H2,1-2H3,(H,21,25)(H2,20,26,27). The van der Waals surface area contributed by atoms with E-state index >= 15 is 0 Å². The van der Waals surface area contributed by atoms with Crippen LogP contribution in [0.1, 0.15) is 22.8 Å². The second-order valence-corrected chi connectivity index (χ2v) is 8.20. The molecule has 0 aromatic heterocycles. The predicted octanol–water partition coefficient (Wildman–Crippen LogP) is 0.992. The van der Waals surface area contributed by atoms with Crippen molar-refractivity contribution in [3.63, 3.8) is 0 Å². The molecule has 0 bridgehead atoms. The summed E-state index contributed by atoms with van der Waals surface area (Å²) in [5, 5.41) is 7.64. The van der Waals surface area contributed by atoms with Gasteiger partial charge in [0.25, 0.3) is 5.91 Å². The Labute approximate surface area is 167 Å². The van der Waals surface area contributed by atoms with Crippen LogP contribution < -0.4 is 15.2 Å². The Bertz CT molecular complexity index is 1100. The molecule has 1 atom stereocenters. The highest BCUT2D eigenvalue weighted by molar-refractivity contribution is 7.89. The molecule has 1 saturated heterocycles. The number of nitrogens with zero attached hydrogens (tertiary/aromatic N) is 1. The van der Waals surface area contributed by atoms with Gasteiger partial charge in [-0.25, -0.2) is 18.4 Å². The maximum atomic E-state index is 13.0. The molecule has 3 N–H and O–H groups in total. The van der Waals surface area contributed by atoms with Gasteiger partial charge in [0.05, 0.1) is 24.1 Å². The van der Waals surface area contributed by atoms with E-state index in [0.29, 0.717) is 11.3 Å². The molecular formula is C19H19N3O6S. The van der Waals surface area contributed by atoms with E-state index in [2.05, 4.69) is 5.32 Å². The molecule has 1 aliphatic rings. The summed E-state index contributed by atoms with van der Waals surface area (Å²) in [7, 11) is -2.47. The van der Waals surface area contributed by atoms with Crippen LogP contribution in [0.15, 0.2) is 53.4 Å². The number of benzene rings is 2. The van der Waals surface area contributed by atoms with Gasteiger partial charge >= 0.3 is 6.03 Å². The van der Waals surface area contributed by atoms with Crippen molar-refractivity contribution in [1.82, 2.24) is 10.2 Å². The van der Waals surface area contributed by atoms with E-state index in [1.165, 1.54) is 38.3 Å². The van der Waals surface area contributed by atoms with Crippen molar-refractivity contribution in [3.8, 4) is 5.75 Å². The Hall–Kier alpha value is -3.24. The highest BCUT2D eigenvalue weighted by Crippen LogP contribution is 2.30. The smallest absolute Gasteiger partial charge is 0.325 e. The third-order valence-corrected chi connectivity index (χ3v) is 5.67. The van der Waals surface area contributed by atoms with E-state index in [1.807, 2.05) is 0 Å². The number of amides is 3. The predicted molar refractivity (Wildman–Crippen MR) is 103 cm³/mol. The Morgan fingerprint density at radius 3 is 2.34 bits per heavy atom. The van der Waals surface area contributed by atoms with E-state index in [4.69, 9.17) is 9.88 Å². The number of ketones is 1. The second kappa shape index (κ2) is 7.30. The van der Waals surface area contributed by atoms with Gasteiger partial charge in [0.15, 0.2) is 5.78 Å². The van der Waals surface area contributed by atoms with Crippen LogP contribution in [0.4, 0.5) is 4.79 Å². The number of nitrogens with one attached hydrogen (secondary N) is 1. The SMILES string of the molecule is COc1ccccc1C(=O)CN1C(=O)NC(C)(c2ccc(S(N)(=O)=O)cc2)C1=O. The van der Waals surface area contributed by atoms with E-state index in [-0.39, 0.29) is 10.5 Å². The average molecular weight is 417 g/mol. The Morgan fingerprint density at radius 1 is 1.14 bits per heavy atom. The number of hydrogen-bond donors (Lipinski definition) is 2. The lowest BCUT2D eigenvalue weighted by atomic mass is 9.92. The maximum Gasteiger partial charge on any atom is 0.325 e. The summed E-state index contributed by atoms with van der Waals surface area (Å²) in [6.07, 6.45) is 0. The first-order valence-electron chi connectivity index (χ1n) is 8.51. The molecule has 0 radical (unpaired) electrons. The minimum Gasteiger partial charge on any atom is -0.496 e. The lowest BCUT2D eigenvalue weighted by Crippen LogP contribution is -2.41. The van der Waals surface area contributed by atoms with Gasteiger partial charge in [-0.1, -0.05) is 24.3 Å². The van der Waals surface area contributed by atoms with Gasteiger partial charge in [-0.2, -0.15) is 0 Å². The topological polar surface area (TPSA) is 136 Å². The lowest BCUT2D eigenvalue weighted by molar-refractivity contribution is -0.130. The van der Waals surface area contributed by atoms with E-state index < -0.39 is 39.8 Å². The number of urea groups is 1. The maximum absolute atomic E-state index is 13.0. The number of para-hydroxylation sites is 1. The molecule has 2 aromatic carbocycles. The number of Topliss-reactive ketones (excluding diaryl/α,β-unsaturated/α-hetero) is 1. The molecule has 1 unspecified atom stereocenters. The van der Waals surface area contributed by atoms with Crippen LogP contribution in [0.2, 0.25) is 0 Å². The number of sulfonamides is 1. The van der Waals surface area contributed by atoms with Gasteiger partial charge in [-0.05, 0) is 36.8 Å². The minimum absolute atomic E-state index is 0.121. The molecular weight excluding hydrogens is 398 g/mol. The molecule has 1 heterocycles. The molecule has 0 aliphatic carbocycles. The first-order valence-corrected chi connectivity index (χ1v) is 10.1. The van der Waals surface area contributed by atoms with Crippen molar-refractivity contribution >= 4 is 27.7 Å². The lowest BCUT2D eigenvalue weighted by Gasteiger charge is -2.22. The molecule has 10 heteroatoms. The highest BCUT2D eigenvalue weighted by Gasteiger charge is 2.49. The van der Waals surface area contributed by atoms with Crippen LogP contribution >= 0.6 is 0 Å². The molecule has 152 valence electrons. The van der Waals surface area contributed by atoms with Gasteiger partial charge in [0, 0.05) is 0 Å². The summed E-state index contributed by atoms with van der Waals surface area (Å²) in [4.78, 5) is 38.7. The van der Waals surface area contributed by atoms with Gasteiger partial charge in [-0.15, -0.1) is 0 Å². The molecule has 1 aliphatic heterocycles. The Morgan fingerprint density at radius 2 is 1.76 bits per heavy atom. The van der Waals surface area contributed by atoms with Crippen LogP contribution in [0.3, 0.4) is 0 Å². The second-order valence-electron chi connectivity index (χ2n) is 6.64. The first kappa shape index (κ1) is 20.5. The van der Waals surface area contributed by atoms with Crippen LogP contribution in [-0.2, 0) is 20.4 Å². The van der Waals surface area contributed by atoms with Crippen molar-refractivity contribution in [1.29, 1.82) is 0 Å². The van der Waals surface area contributed by atoms with Gasteiger partial charge in [-0.3, -0.25) is 14.5 Å². The number of hydrogen-bond acceptors (Lipinski definition) is 6. The molecule has 2 aromatic rings. The summed E-state index contributed by atoms with van der Waals surface area (Å²) in [5.41, 5.74) is -0.841. The number of carbonyl (C=O) groups excluding carboxylic acids is 3. The molecule has 0 spiro atoms. The third-order valence-electron chi connectivity index (χ3n) is 4.74. The Balaban J connectivity index is 1.86. The van der Waals surface area contributed by atoms with Gasteiger partial charge in [0.2, 0.25) is 10.0 Å². The van der Waals surface area contributed by atoms with Crippen LogP contribution in [0, 0.1) is 0 Å². The largest absolute Gasteiger partial charge is 0.496 e. The molecule has 1 fully saturated rings. The zero-order valence-corrected chi connectivity index (χ0v) is 16.5. The number of primary sulfonamides is 1. The van der Waals surface area contributed by atoms with Crippen molar-refractivity contribution in [2.45, 2.75) is 17.4 Å². The number of imide groups is 1. The van der Waals surface area contributed by atoms with E-state index in [9.17, 15) is 22.8 Å². The van der Waals surface area contributed by atoms with E-state index in [1.54, 1.807) is 24.3 Å². The van der Waals surface area contributed by atoms with Crippen molar-refractivity contribution < 1.29 is 27.5 Å². The van der Waals surface area contributed by atoms with Gasteiger partial charge < -0.3 is 10.1 Å². The zero-order chi connectivity index (χ0) is 21.4. The summed E-state index contributed by atoms with van der Waals surface area (Å²) in [5.74, 6) is -0.750. The molecule has 3 amide bonds. The number of rotatable bonds is 6. The molecule has 29 heavy (non-hydrogen) atoms. The highest BCUT2D eigenvalue weighted by atomic mass is 32.2. The Kier molecular flexibility index (Phi) is 5.16. The first-order chi connectivity index (χ1) is 13.6. The molecule has 0 saturated carbocycles. The quantitative estimate of drug-likeness (QED) is 0.531. The number of carbonyl (C=O) groups is 3. The molecule has 9 nitrogen and oxygen atoms in total. The zero-order valence-electron chi connectivity index (χ0n) is 15.7. The average Bonchev–Trinajstić information content (AvgIpc) is 2.91. The number of ether oxygens (including phenoxy) is 1. The third kappa shape index (κ3) is 3.71. The van der Waals surface area contributed by atoms with Gasteiger partial charge in [0.1, 0.15) is 11.3 Å². The normalized spacial score (nSPS) is 19.2. The minimum atomic E-state index is -3.89. The fourth-order valence-electron chi connectivity index (χ4n) is 3.12. The summed E-state index contributed by atoms with van der Waals surface area (Å²) in [6.45, 7) is 1.02. The fraction of sp³-hybridized carbons (Fsp3) is 0.211. The van der Waals surface area contributed by atoms with Crippen molar-refractivity contribution in [3.05, 3.63) is 59.7 Å². The van der Waals surface area contributed by atoms with Crippen LogP contribution in [0.25, 0.3) is 0 Å². The monoisotopic (exact) mass is 417 g/mol. The van der Waals surface area contributed by atoms with E-state index in [0.717, 1.165) is 4.90 Å². The number of methoxy groups -OCH3 is 1. The number of nitrogens with two attached hydrogens (primary N) is 1. The van der Waals surface area contributed by atoms with Crippen LogP contribution in [-0.4, -0.2) is 44.7 Å². The summed E-state index contributed by atoms with van der Waals surface area (Å²) < 4.78 is 28.0. The van der Waals surface area contributed by atoms with Crippen LogP contribution in [0.5, 0.6) is 5.75 Å². The van der Waals surface area contributed by atoms with Crippen molar-refractivity contribution in [2.24, 2.45) is 5.14 Å². The fourth-order valence-corrected chi connectivity index (χ4v) is 3.63.